The summed E-state index contributed by atoms with van der Waals surface area (Å²) in [6.07, 6.45) is 4.88. The largest absolute Gasteiger partial charge is 0.306 e. The number of fused-ring (bicyclic) bond motifs is 1. The van der Waals surface area contributed by atoms with Crippen molar-refractivity contribution in [2.75, 3.05) is 5.32 Å². The number of anilines is 1. The molecule has 0 aliphatic heterocycles. The van der Waals surface area contributed by atoms with Gasteiger partial charge in [-0.1, -0.05) is 48.0 Å². The van der Waals surface area contributed by atoms with Crippen LogP contribution in [0.5, 0.6) is 0 Å². The quantitative estimate of drug-likeness (QED) is 0.398. The normalized spacial score (nSPS) is 10.9. The van der Waals surface area contributed by atoms with E-state index in [9.17, 15) is 9.18 Å². The van der Waals surface area contributed by atoms with Crippen molar-refractivity contribution in [1.82, 2.24) is 19.4 Å². The lowest BCUT2D eigenvalue weighted by Crippen LogP contribution is -2.16. The highest BCUT2D eigenvalue weighted by Gasteiger charge is 2.21. The molecule has 0 spiro atoms. The molecule has 0 saturated heterocycles. The Morgan fingerprint density at radius 1 is 0.969 bits per heavy atom. The predicted octanol–water partition coefficient (Wildman–Crippen LogP) is 5.50. The van der Waals surface area contributed by atoms with Crippen LogP contribution in [0.25, 0.3) is 28.3 Å². The highest BCUT2D eigenvalue weighted by molar-refractivity contribution is 6.33. The first-order valence-electron chi connectivity index (χ1n) is 9.72. The second kappa shape index (κ2) is 8.20. The summed E-state index contributed by atoms with van der Waals surface area (Å²) in [7, 11) is 0. The molecule has 0 fully saturated rings. The van der Waals surface area contributed by atoms with Gasteiger partial charge in [0.2, 0.25) is 0 Å². The van der Waals surface area contributed by atoms with Crippen LogP contribution in [-0.4, -0.2) is 25.3 Å². The molecule has 0 unspecified atom stereocenters. The van der Waals surface area contributed by atoms with Crippen molar-refractivity contribution in [2.24, 2.45) is 0 Å². The molecule has 3 heterocycles. The summed E-state index contributed by atoms with van der Waals surface area (Å²) in [4.78, 5) is 26.1. The van der Waals surface area contributed by atoms with E-state index < -0.39 is 11.7 Å². The number of nitrogens with one attached hydrogen (secondary N) is 1. The Morgan fingerprint density at radius 3 is 2.50 bits per heavy atom. The number of imidazole rings is 1. The van der Waals surface area contributed by atoms with Gasteiger partial charge in [-0.25, -0.2) is 19.3 Å². The predicted molar refractivity (Wildman–Crippen MR) is 121 cm³/mol. The summed E-state index contributed by atoms with van der Waals surface area (Å²) in [5, 5.41) is 2.94. The number of benzene rings is 2. The van der Waals surface area contributed by atoms with E-state index in [4.69, 9.17) is 11.6 Å². The minimum Gasteiger partial charge on any atom is -0.306 e. The van der Waals surface area contributed by atoms with Crippen molar-refractivity contribution in [2.45, 2.75) is 0 Å². The third-order valence-electron chi connectivity index (χ3n) is 4.92. The molecular weight excluding hydrogens is 429 g/mol. The maximum Gasteiger partial charge on any atom is 0.259 e. The number of halogens is 2. The number of pyridine rings is 1. The molecule has 1 N–H and O–H groups in total. The number of hydrogen-bond acceptors (Lipinski definition) is 4. The summed E-state index contributed by atoms with van der Waals surface area (Å²) in [5.74, 6) is -0.656. The molecule has 2 aromatic carbocycles. The van der Waals surface area contributed by atoms with Gasteiger partial charge in [0.1, 0.15) is 23.0 Å². The number of carbonyl (C=O) groups excluding carboxylic acids is 1. The van der Waals surface area contributed by atoms with Crippen molar-refractivity contribution in [3.63, 3.8) is 0 Å². The Kier molecular flexibility index (Phi) is 5.09. The van der Waals surface area contributed by atoms with Crippen molar-refractivity contribution in [1.29, 1.82) is 0 Å². The van der Waals surface area contributed by atoms with E-state index in [-0.39, 0.29) is 10.6 Å². The Bertz CT molecular complexity index is 1440. The van der Waals surface area contributed by atoms with Crippen LogP contribution >= 0.6 is 11.6 Å². The van der Waals surface area contributed by atoms with E-state index in [1.807, 2.05) is 48.5 Å². The maximum atomic E-state index is 14.8. The Morgan fingerprint density at radius 2 is 1.72 bits per heavy atom. The lowest BCUT2D eigenvalue weighted by molar-refractivity contribution is 0.102. The molecule has 156 valence electrons. The van der Waals surface area contributed by atoms with Crippen LogP contribution in [0.3, 0.4) is 0 Å². The van der Waals surface area contributed by atoms with Gasteiger partial charge in [-0.2, -0.15) is 0 Å². The third kappa shape index (κ3) is 3.59. The van der Waals surface area contributed by atoms with Gasteiger partial charge in [-0.15, -0.1) is 0 Å². The number of hydrogen-bond donors (Lipinski definition) is 1. The number of rotatable bonds is 4. The zero-order valence-electron chi connectivity index (χ0n) is 16.5. The van der Waals surface area contributed by atoms with Gasteiger partial charge in [0, 0.05) is 29.7 Å². The number of amides is 1. The lowest BCUT2D eigenvalue weighted by atomic mass is 10.1. The minimum absolute atomic E-state index is 0.116. The van der Waals surface area contributed by atoms with Crippen LogP contribution in [0.2, 0.25) is 5.02 Å². The van der Waals surface area contributed by atoms with E-state index >= 15 is 0 Å². The molecule has 0 aliphatic carbocycles. The Labute approximate surface area is 187 Å². The highest BCUT2D eigenvalue weighted by Crippen LogP contribution is 2.31. The molecule has 0 atom stereocenters. The fourth-order valence-electron chi connectivity index (χ4n) is 3.42. The SMILES string of the molecule is O=C(Nc1c(-c2ccccc2)nc2ccccn12)c1cc(-c2ncccn2)c(Cl)cc1F. The molecule has 3 aromatic heterocycles. The number of nitrogens with zero attached hydrogens (tertiary/aromatic N) is 4. The summed E-state index contributed by atoms with van der Waals surface area (Å²) in [5.41, 5.74) is 2.23. The van der Waals surface area contributed by atoms with E-state index in [1.54, 1.807) is 29.1 Å². The molecule has 0 bridgehead atoms. The first-order chi connectivity index (χ1) is 15.6. The average molecular weight is 444 g/mol. The second-order valence-corrected chi connectivity index (χ2v) is 7.35. The molecule has 32 heavy (non-hydrogen) atoms. The number of aromatic nitrogens is 4. The van der Waals surface area contributed by atoms with E-state index in [0.29, 0.717) is 28.5 Å². The topological polar surface area (TPSA) is 72.2 Å². The third-order valence-corrected chi connectivity index (χ3v) is 5.23. The fourth-order valence-corrected chi connectivity index (χ4v) is 3.65. The minimum atomic E-state index is -0.748. The molecule has 0 radical (unpaired) electrons. The van der Waals surface area contributed by atoms with Gasteiger partial charge < -0.3 is 5.32 Å². The first-order valence-corrected chi connectivity index (χ1v) is 10.1. The molecule has 5 rings (SSSR count). The van der Waals surface area contributed by atoms with Crippen LogP contribution in [-0.2, 0) is 0 Å². The zero-order valence-corrected chi connectivity index (χ0v) is 17.3. The summed E-state index contributed by atoms with van der Waals surface area (Å²) in [6.45, 7) is 0. The smallest absolute Gasteiger partial charge is 0.259 e. The molecule has 6 nitrogen and oxygen atoms in total. The van der Waals surface area contributed by atoms with Gasteiger partial charge in [-0.05, 0) is 30.3 Å². The monoisotopic (exact) mass is 443 g/mol. The lowest BCUT2D eigenvalue weighted by Gasteiger charge is -2.11. The summed E-state index contributed by atoms with van der Waals surface area (Å²) in [6, 6.07) is 19.1. The molecule has 5 aromatic rings. The highest BCUT2D eigenvalue weighted by atomic mass is 35.5. The van der Waals surface area contributed by atoms with Crippen molar-refractivity contribution >= 4 is 29.0 Å². The standard InChI is InChI=1S/C24H15ClFN5O/c25-18-14-19(26)17(13-16(18)22-27-10-6-11-28-22)24(32)30-23-21(15-7-2-1-3-8-15)29-20-9-4-5-12-31(20)23/h1-14H,(H,30,32). The Hall–Kier alpha value is -4.10. The molecule has 0 aliphatic rings. The molecule has 0 saturated carbocycles. The Balaban J connectivity index is 1.59. The van der Waals surface area contributed by atoms with Crippen LogP contribution in [0.1, 0.15) is 10.4 Å². The number of carbonyl (C=O) groups is 1. The van der Waals surface area contributed by atoms with Gasteiger partial charge in [0.15, 0.2) is 5.82 Å². The maximum absolute atomic E-state index is 14.8. The molecule has 8 heteroatoms. The average Bonchev–Trinajstić information content (AvgIpc) is 3.18. The van der Waals surface area contributed by atoms with Gasteiger partial charge in [0.05, 0.1) is 10.6 Å². The van der Waals surface area contributed by atoms with Crippen LogP contribution in [0.15, 0.2) is 85.3 Å². The van der Waals surface area contributed by atoms with E-state index in [1.165, 1.54) is 6.07 Å². The van der Waals surface area contributed by atoms with E-state index in [0.717, 1.165) is 11.6 Å². The van der Waals surface area contributed by atoms with Gasteiger partial charge >= 0.3 is 0 Å². The first kappa shape index (κ1) is 19.8. The van der Waals surface area contributed by atoms with Crippen LogP contribution < -0.4 is 5.32 Å². The van der Waals surface area contributed by atoms with Gasteiger partial charge in [0.25, 0.3) is 5.91 Å². The zero-order chi connectivity index (χ0) is 22.1. The molecular formula is C24H15ClFN5O. The van der Waals surface area contributed by atoms with Crippen LogP contribution in [0.4, 0.5) is 10.2 Å². The summed E-state index contributed by atoms with van der Waals surface area (Å²) >= 11 is 6.20. The van der Waals surface area contributed by atoms with Crippen molar-refractivity contribution in [3.05, 3.63) is 102 Å². The van der Waals surface area contributed by atoms with Crippen LogP contribution in [0, 0.1) is 5.82 Å². The van der Waals surface area contributed by atoms with Crippen molar-refractivity contribution < 1.29 is 9.18 Å². The second-order valence-electron chi connectivity index (χ2n) is 6.94. The van der Waals surface area contributed by atoms with E-state index in [2.05, 4.69) is 20.3 Å². The molecule has 1 amide bonds. The van der Waals surface area contributed by atoms with Crippen molar-refractivity contribution in [3.8, 4) is 22.6 Å². The van der Waals surface area contributed by atoms with Gasteiger partial charge in [-0.3, -0.25) is 9.20 Å². The fraction of sp³-hybridized carbons (Fsp3) is 0. The summed E-state index contributed by atoms with van der Waals surface area (Å²) < 4.78 is 16.5.